The van der Waals surface area contributed by atoms with Crippen LogP contribution in [0.25, 0.3) is 0 Å². The lowest BCUT2D eigenvalue weighted by atomic mass is 10.0. The highest BCUT2D eigenvalue weighted by atomic mass is 15.2. The Hall–Kier alpha value is -0.120. The molecular weight excluding hydrogens is 174 g/mol. The molecule has 0 bridgehead atoms. The maximum Gasteiger partial charge on any atom is 0.0250 e. The molecule has 3 heteroatoms. The molecule has 2 saturated heterocycles. The number of hydrogen-bond donors (Lipinski definition) is 2. The lowest BCUT2D eigenvalue weighted by Gasteiger charge is -2.26. The maximum absolute atomic E-state index is 5.97. The summed E-state index contributed by atoms with van der Waals surface area (Å²) < 4.78 is 0. The SMILES string of the molecule is CC(C)(N)CNC1CCN2CCCC12. The van der Waals surface area contributed by atoms with Crippen LogP contribution < -0.4 is 11.1 Å². The van der Waals surface area contributed by atoms with Crippen molar-refractivity contribution in [3.05, 3.63) is 0 Å². The van der Waals surface area contributed by atoms with Crippen LogP contribution in [0, 0.1) is 0 Å². The summed E-state index contributed by atoms with van der Waals surface area (Å²) in [7, 11) is 0. The molecule has 0 spiro atoms. The van der Waals surface area contributed by atoms with Gasteiger partial charge >= 0.3 is 0 Å². The van der Waals surface area contributed by atoms with Crippen LogP contribution in [-0.4, -0.2) is 42.2 Å². The summed E-state index contributed by atoms with van der Waals surface area (Å²) in [5, 5.41) is 3.63. The molecule has 0 aromatic rings. The molecule has 0 aromatic heterocycles. The average Bonchev–Trinajstić information content (AvgIpc) is 2.59. The van der Waals surface area contributed by atoms with Crippen molar-refractivity contribution in [2.75, 3.05) is 19.6 Å². The summed E-state index contributed by atoms with van der Waals surface area (Å²) in [6.45, 7) is 7.70. The van der Waals surface area contributed by atoms with Gasteiger partial charge in [0.2, 0.25) is 0 Å². The van der Waals surface area contributed by atoms with Crippen molar-refractivity contribution in [1.82, 2.24) is 10.2 Å². The Kier molecular flexibility index (Phi) is 2.82. The number of nitrogens with one attached hydrogen (secondary N) is 1. The fourth-order valence-corrected chi connectivity index (χ4v) is 2.71. The van der Waals surface area contributed by atoms with Gasteiger partial charge in [-0.25, -0.2) is 0 Å². The highest BCUT2D eigenvalue weighted by molar-refractivity contribution is 4.96. The molecule has 2 unspecified atom stereocenters. The first-order valence-electron chi connectivity index (χ1n) is 5.82. The van der Waals surface area contributed by atoms with E-state index in [-0.39, 0.29) is 5.54 Å². The molecule has 3 nitrogen and oxygen atoms in total. The van der Waals surface area contributed by atoms with Gasteiger partial charge in [0.25, 0.3) is 0 Å². The molecule has 0 radical (unpaired) electrons. The summed E-state index contributed by atoms with van der Waals surface area (Å²) in [4.78, 5) is 2.63. The molecule has 0 saturated carbocycles. The van der Waals surface area contributed by atoms with Gasteiger partial charge in [-0.15, -0.1) is 0 Å². The van der Waals surface area contributed by atoms with Gasteiger partial charge in [0.1, 0.15) is 0 Å². The predicted octanol–water partition coefficient (Wildman–Crippen LogP) is 0.550. The third kappa shape index (κ3) is 2.27. The first-order chi connectivity index (χ1) is 6.56. The van der Waals surface area contributed by atoms with Gasteiger partial charge in [-0.2, -0.15) is 0 Å². The summed E-state index contributed by atoms with van der Waals surface area (Å²) in [6, 6.07) is 1.50. The van der Waals surface area contributed by atoms with E-state index in [0.717, 1.165) is 12.6 Å². The third-order valence-electron chi connectivity index (χ3n) is 3.43. The second-order valence-electron chi connectivity index (χ2n) is 5.51. The Bertz CT molecular complexity index is 197. The van der Waals surface area contributed by atoms with Crippen LogP contribution in [0.15, 0.2) is 0 Å². The fourth-order valence-electron chi connectivity index (χ4n) is 2.71. The van der Waals surface area contributed by atoms with Crippen LogP contribution in [0.2, 0.25) is 0 Å². The lowest BCUT2D eigenvalue weighted by Crippen LogP contribution is -2.49. The van der Waals surface area contributed by atoms with Crippen molar-refractivity contribution in [2.45, 2.75) is 50.7 Å². The maximum atomic E-state index is 5.97. The van der Waals surface area contributed by atoms with Gasteiger partial charge in [-0.3, -0.25) is 4.90 Å². The number of fused-ring (bicyclic) bond motifs is 1. The third-order valence-corrected chi connectivity index (χ3v) is 3.43. The van der Waals surface area contributed by atoms with Crippen molar-refractivity contribution in [1.29, 1.82) is 0 Å². The Labute approximate surface area is 87.0 Å². The summed E-state index contributed by atoms with van der Waals surface area (Å²) >= 11 is 0. The highest BCUT2D eigenvalue weighted by Crippen LogP contribution is 2.27. The normalized spacial score (nSPS) is 33.6. The van der Waals surface area contributed by atoms with Gasteiger partial charge < -0.3 is 11.1 Å². The van der Waals surface area contributed by atoms with E-state index in [2.05, 4.69) is 24.1 Å². The minimum absolute atomic E-state index is 0.0774. The van der Waals surface area contributed by atoms with Crippen LogP contribution in [0.4, 0.5) is 0 Å². The van der Waals surface area contributed by atoms with Crippen LogP contribution in [-0.2, 0) is 0 Å². The van der Waals surface area contributed by atoms with Crippen LogP contribution in [0.1, 0.15) is 33.1 Å². The molecule has 2 fully saturated rings. The van der Waals surface area contributed by atoms with Crippen LogP contribution in [0.3, 0.4) is 0 Å². The monoisotopic (exact) mass is 197 g/mol. The zero-order valence-corrected chi connectivity index (χ0v) is 9.42. The van der Waals surface area contributed by atoms with E-state index < -0.39 is 0 Å². The number of rotatable bonds is 3. The first kappa shape index (κ1) is 10.4. The van der Waals surface area contributed by atoms with E-state index in [0.29, 0.717) is 6.04 Å². The largest absolute Gasteiger partial charge is 0.324 e. The van der Waals surface area contributed by atoms with Gasteiger partial charge in [0.05, 0.1) is 0 Å². The van der Waals surface area contributed by atoms with Crippen molar-refractivity contribution >= 4 is 0 Å². The molecular formula is C11H23N3. The smallest absolute Gasteiger partial charge is 0.0250 e. The summed E-state index contributed by atoms with van der Waals surface area (Å²) in [5.41, 5.74) is 5.90. The second-order valence-corrected chi connectivity index (χ2v) is 5.51. The van der Waals surface area contributed by atoms with Crippen LogP contribution >= 0.6 is 0 Å². The highest BCUT2D eigenvalue weighted by Gasteiger charge is 2.36. The average molecular weight is 197 g/mol. The first-order valence-corrected chi connectivity index (χ1v) is 5.82. The topological polar surface area (TPSA) is 41.3 Å². The minimum Gasteiger partial charge on any atom is -0.324 e. The van der Waals surface area contributed by atoms with E-state index in [1.165, 1.54) is 32.4 Å². The van der Waals surface area contributed by atoms with Crippen molar-refractivity contribution in [3.63, 3.8) is 0 Å². The molecule has 2 rings (SSSR count). The number of nitrogens with two attached hydrogens (primary N) is 1. The second kappa shape index (κ2) is 3.80. The Balaban J connectivity index is 1.81. The molecule has 3 N–H and O–H groups in total. The molecule has 2 atom stereocenters. The van der Waals surface area contributed by atoms with Gasteiger partial charge in [-0.05, 0) is 39.7 Å². The molecule has 2 heterocycles. The summed E-state index contributed by atoms with van der Waals surface area (Å²) in [6.07, 6.45) is 4.07. The molecule has 14 heavy (non-hydrogen) atoms. The Morgan fingerprint density at radius 2 is 2.14 bits per heavy atom. The fraction of sp³-hybridized carbons (Fsp3) is 1.00. The van der Waals surface area contributed by atoms with Gasteiger partial charge in [0, 0.05) is 30.7 Å². The van der Waals surface area contributed by atoms with Crippen molar-refractivity contribution < 1.29 is 0 Å². The molecule has 0 aliphatic carbocycles. The predicted molar refractivity (Wildman–Crippen MR) is 59.3 cm³/mol. The molecule has 2 aliphatic rings. The van der Waals surface area contributed by atoms with E-state index in [4.69, 9.17) is 5.73 Å². The lowest BCUT2D eigenvalue weighted by molar-refractivity contribution is 0.292. The van der Waals surface area contributed by atoms with Crippen molar-refractivity contribution in [2.24, 2.45) is 5.73 Å². The van der Waals surface area contributed by atoms with Crippen LogP contribution in [0.5, 0.6) is 0 Å². The van der Waals surface area contributed by atoms with E-state index >= 15 is 0 Å². The molecule has 2 aliphatic heterocycles. The molecule has 0 aromatic carbocycles. The van der Waals surface area contributed by atoms with E-state index in [1.807, 2.05) is 0 Å². The van der Waals surface area contributed by atoms with Crippen molar-refractivity contribution in [3.8, 4) is 0 Å². The zero-order valence-electron chi connectivity index (χ0n) is 9.42. The minimum atomic E-state index is -0.0774. The Morgan fingerprint density at radius 1 is 1.36 bits per heavy atom. The van der Waals surface area contributed by atoms with Gasteiger partial charge in [-0.1, -0.05) is 0 Å². The van der Waals surface area contributed by atoms with E-state index in [9.17, 15) is 0 Å². The van der Waals surface area contributed by atoms with E-state index in [1.54, 1.807) is 0 Å². The zero-order chi connectivity index (χ0) is 10.2. The standard InChI is InChI=1S/C11H23N3/c1-11(2,12)8-13-9-5-7-14-6-3-4-10(9)14/h9-10,13H,3-8,12H2,1-2H3. The van der Waals surface area contributed by atoms with Gasteiger partial charge in [0.15, 0.2) is 0 Å². The summed E-state index contributed by atoms with van der Waals surface area (Å²) in [5.74, 6) is 0. The molecule has 82 valence electrons. The molecule has 0 amide bonds. The number of hydrogen-bond acceptors (Lipinski definition) is 3. The number of nitrogens with zero attached hydrogens (tertiary/aromatic N) is 1. The quantitative estimate of drug-likeness (QED) is 0.694. The Morgan fingerprint density at radius 3 is 2.86 bits per heavy atom.